The summed E-state index contributed by atoms with van der Waals surface area (Å²) in [6, 6.07) is 9.50. The van der Waals surface area contributed by atoms with Gasteiger partial charge in [0.05, 0.1) is 6.61 Å². The molecule has 2 unspecified atom stereocenters. The van der Waals surface area contributed by atoms with Crippen molar-refractivity contribution in [3.63, 3.8) is 0 Å². The summed E-state index contributed by atoms with van der Waals surface area (Å²) in [5, 5.41) is 0. The maximum Gasteiger partial charge on any atom is 0.244 e. The molecule has 0 saturated heterocycles. The van der Waals surface area contributed by atoms with E-state index in [9.17, 15) is 0 Å². The Morgan fingerprint density at radius 2 is 1.62 bits per heavy atom. The number of benzene rings is 1. The van der Waals surface area contributed by atoms with Gasteiger partial charge in [-0.05, 0) is 37.3 Å². The Hall–Kier alpha value is -0.100. The second-order valence-electron chi connectivity index (χ2n) is 6.03. The average Bonchev–Trinajstić information content (AvgIpc) is 2.63. The molecular formula is C19H33O4PS2. The van der Waals surface area contributed by atoms with Gasteiger partial charge >= 0.3 is 0 Å². The Morgan fingerprint density at radius 3 is 2.27 bits per heavy atom. The van der Waals surface area contributed by atoms with E-state index in [2.05, 4.69) is 19.2 Å². The Balaban J connectivity index is 2.23. The number of ether oxygens (including phenoxy) is 2. The summed E-state index contributed by atoms with van der Waals surface area (Å²) in [6.07, 6.45) is 8.09. The molecule has 1 aromatic rings. The second kappa shape index (κ2) is 14.9. The van der Waals surface area contributed by atoms with Gasteiger partial charge in [-0.2, -0.15) is 0 Å². The van der Waals surface area contributed by atoms with Gasteiger partial charge in [-0.15, -0.1) is 0 Å². The smallest absolute Gasteiger partial charge is 0.244 e. The Morgan fingerprint density at radius 1 is 0.962 bits per heavy atom. The third kappa shape index (κ3) is 12.3. The van der Waals surface area contributed by atoms with Crippen molar-refractivity contribution in [2.24, 2.45) is 0 Å². The zero-order valence-electron chi connectivity index (χ0n) is 16.0. The standard InChI is InChI=1S/C19H33O4PS2/c1-3-5-6-7-8-9-13-16-21-24(25,26)22-17-19(20-4-2)23-18-14-11-10-12-15-18/h10-12,14-15,19H,3-9,13,16-17H2,1-2H3,(H,25,26). The van der Waals surface area contributed by atoms with Crippen LogP contribution in [0.1, 0.15) is 58.8 Å². The van der Waals surface area contributed by atoms with Crippen LogP contribution in [0.3, 0.4) is 0 Å². The molecule has 0 aliphatic carbocycles. The first kappa shape index (κ1) is 23.9. The lowest BCUT2D eigenvalue weighted by Gasteiger charge is -2.22. The van der Waals surface area contributed by atoms with Gasteiger partial charge < -0.3 is 18.5 Å². The summed E-state index contributed by atoms with van der Waals surface area (Å²) in [6.45, 7) is 5.45. The van der Waals surface area contributed by atoms with Crippen molar-refractivity contribution < 1.29 is 18.5 Å². The molecule has 0 amide bonds. The first-order valence-electron chi connectivity index (χ1n) is 9.52. The second-order valence-corrected chi connectivity index (χ2v) is 11.3. The SMILES string of the molecule is CCCCCCCCCOP(=S)(S)OCC(OCC)Oc1ccccc1. The fourth-order valence-electron chi connectivity index (χ4n) is 2.38. The van der Waals surface area contributed by atoms with E-state index < -0.39 is 12.0 Å². The van der Waals surface area contributed by atoms with Crippen LogP contribution >= 0.6 is 17.9 Å². The minimum absolute atomic E-state index is 0.195. The molecule has 7 heteroatoms. The largest absolute Gasteiger partial charge is 0.462 e. The highest BCUT2D eigenvalue weighted by molar-refractivity contribution is 8.60. The highest BCUT2D eigenvalue weighted by atomic mass is 32.9. The summed E-state index contributed by atoms with van der Waals surface area (Å²) in [7, 11) is 0. The zero-order chi connectivity index (χ0) is 19.1. The van der Waals surface area contributed by atoms with E-state index in [0.717, 1.165) is 18.6 Å². The number of unbranched alkanes of at least 4 members (excludes halogenated alkanes) is 6. The number of hydrogen-bond donors (Lipinski definition) is 1. The van der Waals surface area contributed by atoms with E-state index in [1.165, 1.54) is 32.1 Å². The maximum absolute atomic E-state index is 5.77. The third-order valence-corrected chi connectivity index (χ3v) is 6.05. The van der Waals surface area contributed by atoms with Gasteiger partial charge in [0.25, 0.3) is 0 Å². The molecule has 0 radical (unpaired) electrons. The zero-order valence-corrected chi connectivity index (χ0v) is 18.6. The monoisotopic (exact) mass is 420 g/mol. The lowest BCUT2D eigenvalue weighted by atomic mass is 10.1. The predicted octanol–water partition coefficient (Wildman–Crippen LogP) is 6.37. The van der Waals surface area contributed by atoms with Crippen LogP contribution in [0.25, 0.3) is 0 Å². The highest BCUT2D eigenvalue weighted by Gasteiger charge is 2.18. The molecule has 0 N–H and O–H groups in total. The number of thiol groups is 1. The van der Waals surface area contributed by atoms with Crippen molar-refractivity contribution in [1.29, 1.82) is 0 Å². The summed E-state index contributed by atoms with van der Waals surface area (Å²) < 4.78 is 22.7. The number of hydrogen-bond acceptors (Lipinski definition) is 5. The van der Waals surface area contributed by atoms with Gasteiger partial charge in [0.2, 0.25) is 12.0 Å². The Labute approximate surface area is 169 Å². The lowest BCUT2D eigenvalue weighted by Crippen LogP contribution is -2.26. The van der Waals surface area contributed by atoms with Crippen molar-refractivity contribution in [3.05, 3.63) is 30.3 Å². The molecule has 0 spiro atoms. The normalized spacial score (nSPS) is 14.7. The van der Waals surface area contributed by atoms with Crippen LogP contribution in [0.15, 0.2) is 30.3 Å². The van der Waals surface area contributed by atoms with Crippen LogP contribution in [0, 0.1) is 0 Å². The molecule has 0 bridgehead atoms. The maximum atomic E-state index is 5.77. The Bertz CT molecular complexity index is 502. The van der Waals surface area contributed by atoms with Gasteiger partial charge in [-0.25, -0.2) is 0 Å². The van der Waals surface area contributed by atoms with Crippen molar-refractivity contribution in [2.45, 2.75) is 65.1 Å². The van der Waals surface area contributed by atoms with Crippen LogP contribution in [-0.2, 0) is 25.6 Å². The topological polar surface area (TPSA) is 36.9 Å². The lowest BCUT2D eigenvalue weighted by molar-refractivity contribution is -0.0969. The van der Waals surface area contributed by atoms with E-state index in [1.807, 2.05) is 37.3 Å². The molecule has 150 valence electrons. The number of rotatable bonds is 16. The van der Waals surface area contributed by atoms with E-state index in [1.54, 1.807) is 0 Å². The molecule has 2 atom stereocenters. The molecule has 1 rings (SSSR count). The van der Waals surface area contributed by atoms with Crippen molar-refractivity contribution >= 4 is 29.7 Å². The summed E-state index contributed by atoms with van der Waals surface area (Å²) in [5.74, 6) is 0.728. The van der Waals surface area contributed by atoms with Crippen LogP contribution < -0.4 is 4.74 Å². The first-order valence-corrected chi connectivity index (χ1v) is 13.3. The first-order chi connectivity index (χ1) is 12.6. The predicted molar refractivity (Wildman–Crippen MR) is 116 cm³/mol. The fourth-order valence-corrected chi connectivity index (χ4v) is 3.98. The van der Waals surface area contributed by atoms with Crippen molar-refractivity contribution in [3.8, 4) is 5.75 Å². The van der Waals surface area contributed by atoms with Crippen LogP contribution in [0.5, 0.6) is 5.75 Å². The molecule has 0 aromatic heterocycles. The molecule has 1 aromatic carbocycles. The van der Waals surface area contributed by atoms with E-state index >= 15 is 0 Å². The van der Waals surface area contributed by atoms with Gasteiger partial charge in [0.1, 0.15) is 12.4 Å². The third-order valence-electron chi connectivity index (χ3n) is 3.74. The minimum atomic E-state index is -2.57. The molecule has 26 heavy (non-hydrogen) atoms. The molecule has 0 aliphatic rings. The fraction of sp³-hybridized carbons (Fsp3) is 0.684. The van der Waals surface area contributed by atoms with Gasteiger partial charge in [0, 0.05) is 6.61 Å². The van der Waals surface area contributed by atoms with Crippen molar-refractivity contribution in [1.82, 2.24) is 0 Å². The van der Waals surface area contributed by atoms with Gasteiger partial charge in [-0.1, -0.05) is 75.9 Å². The quantitative estimate of drug-likeness (QED) is 0.146. The van der Waals surface area contributed by atoms with E-state index in [-0.39, 0.29) is 6.61 Å². The molecule has 0 fully saturated rings. The number of para-hydroxylation sites is 1. The molecule has 0 saturated carbocycles. The average molecular weight is 421 g/mol. The summed E-state index contributed by atoms with van der Waals surface area (Å²) >= 11 is 9.76. The summed E-state index contributed by atoms with van der Waals surface area (Å²) in [5.41, 5.74) is -2.57. The molecular weight excluding hydrogens is 387 g/mol. The van der Waals surface area contributed by atoms with Crippen LogP contribution in [0.2, 0.25) is 0 Å². The molecule has 0 heterocycles. The molecule has 0 aliphatic heterocycles. The summed E-state index contributed by atoms with van der Waals surface area (Å²) in [4.78, 5) is 0. The highest BCUT2D eigenvalue weighted by Crippen LogP contribution is 2.53. The van der Waals surface area contributed by atoms with E-state index in [4.69, 9.17) is 30.3 Å². The van der Waals surface area contributed by atoms with Gasteiger partial charge in [0.15, 0.2) is 0 Å². The Kier molecular flexibility index (Phi) is 13.7. The van der Waals surface area contributed by atoms with Crippen LogP contribution in [0.4, 0.5) is 0 Å². The minimum Gasteiger partial charge on any atom is -0.462 e. The molecule has 4 nitrogen and oxygen atoms in total. The van der Waals surface area contributed by atoms with Crippen molar-refractivity contribution in [2.75, 3.05) is 19.8 Å². The van der Waals surface area contributed by atoms with Crippen LogP contribution in [-0.4, -0.2) is 26.1 Å². The van der Waals surface area contributed by atoms with Gasteiger partial charge in [-0.3, -0.25) is 0 Å². The van der Waals surface area contributed by atoms with E-state index in [0.29, 0.717) is 13.2 Å².